The van der Waals surface area contributed by atoms with E-state index >= 15 is 0 Å². The average molecular weight is 208 g/mol. The molecule has 1 saturated heterocycles. The number of hydrogen-bond acceptors (Lipinski definition) is 3. The van der Waals surface area contributed by atoms with E-state index in [2.05, 4.69) is 5.32 Å². The summed E-state index contributed by atoms with van der Waals surface area (Å²) in [6.07, 6.45) is 1.11. The van der Waals surface area contributed by atoms with Crippen LogP contribution >= 0.6 is 12.4 Å². The fourth-order valence-electron chi connectivity index (χ4n) is 1.29. The zero-order valence-corrected chi connectivity index (χ0v) is 7.97. The summed E-state index contributed by atoms with van der Waals surface area (Å²) in [5, 5.41) is 2.67. The minimum atomic E-state index is -0.696. The van der Waals surface area contributed by atoms with Crippen molar-refractivity contribution >= 4 is 24.2 Å². The lowest BCUT2D eigenvalue weighted by atomic mass is 9.99. The summed E-state index contributed by atoms with van der Waals surface area (Å²) in [5.41, 5.74) is 10.4. The van der Waals surface area contributed by atoms with Crippen molar-refractivity contribution in [1.82, 2.24) is 5.32 Å². The molecule has 6 heteroatoms. The van der Waals surface area contributed by atoms with Gasteiger partial charge in [0.05, 0.1) is 6.04 Å². The molecule has 1 aliphatic heterocycles. The van der Waals surface area contributed by atoms with E-state index in [0.717, 1.165) is 6.42 Å². The molecule has 0 radical (unpaired) electrons. The average Bonchev–Trinajstić information content (AvgIpc) is 2.36. The van der Waals surface area contributed by atoms with E-state index < -0.39 is 11.9 Å². The van der Waals surface area contributed by atoms with Crippen molar-refractivity contribution in [1.29, 1.82) is 0 Å². The lowest BCUT2D eigenvalue weighted by molar-refractivity contribution is -0.123. The third kappa shape index (κ3) is 3.20. The highest BCUT2D eigenvalue weighted by molar-refractivity contribution is 5.85. The molecule has 5 nitrogen and oxygen atoms in total. The van der Waals surface area contributed by atoms with Crippen LogP contribution in [0.1, 0.15) is 12.8 Å². The third-order valence-corrected chi connectivity index (χ3v) is 2.07. The van der Waals surface area contributed by atoms with Crippen LogP contribution in [0.25, 0.3) is 0 Å². The van der Waals surface area contributed by atoms with E-state index in [4.69, 9.17) is 11.5 Å². The first-order valence-electron chi connectivity index (χ1n) is 3.94. The summed E-state index contributed by atoms with van der Waals surface area (Å²) in [7, 11) is 0. The summed E-state index contributed by atoms with van der Waals surface area (Å²) < 4.78 is 0. The van der Waals surface area contributed by atoms with Gasteiger partial charge in [-0.3, -0.25) is 9.59 Å². The minimum absolute atomic E-state index is 0. The van der Waals surface area contributed by atoms with Gasteiger partial charge in [0.1, 0.15) is 0 Å². The first-order valence-corrected chi connectivity index (χ1v) is 3.94. The Morgan fingerprint density at radius 1 is 1.69 bits per heavy atom. The van der Waals surface area contributed by atoms with Gasteiger partial charge >= 0.3 is 0 Å². The maximum absolute atomic E-state index is 11.0. The van der Waals surface area contributed by atoms with Crippen LogP contribution in [0.5, 0.6) is 0 Å². The molecule has 1 rings (SSSR count). The molecular formula is C7H14ClN3O2. The second-order valence-electron chi connectivity index (χ2n) is 3.02. The van der Waals surface area contributed by atoms with Crippen LogP contribution < -0.4 is 16.8 Å². The number of carbonyl (C=O) groups is 2. The Labute approximate surface area is 82.6 Å². The Bertz CT molecular complexity index is 210. The summed E-state index contributed by atoms with van der Waals surface area (Å²) in [6, 6.07) is -0.696. The predicted octanol–water partition coefficient (Wildman–Crippen LogP) is -1.25. The molecule has 76 valence electrons. The van der Waals surface area contributed by atoms with Gasteiger partial charge in [0.15, 0.2) is 0 Å². The van der Waals surface area contributed by atoms with E-state index in [-0.39, 0.29) is 24.2 Å². The van der Waals surface area contributed by atoms with Crippen LogP contribution in [0.15, 0.2) is 0 Å². The number of rotatable bonds is 3. The molecule has 1 heterocycles. The maximum atomic E-state index is 11.0. The normalized spacial score (nSPS) is 23.2. The van der Waals surface area contributed by atoms with Crippen molar-refractivity contribution in [2.24, 2.45) is 17.4 Å². The van der Waals surface area contributed by atoms with Crippen LogP contribution in [0.2, 0.25) is 0 Å². The number of carbonyl (C=O) groups excluding carboxylic acids is 2. The molecule has 0 spiro atoms. The molecule has 2 atom stereocenters. The Kier molecular flexibility index (Phi) is 4.72. The van der Waals surface area contributed by atoms with E-state index in [1.54, 1.807) is 0 Å². The number of halogens is 1. The molecule has 0 aliphatic carbocycles. The quantitative estimate of drug-likeness (QED) is 0.539. The lowest BCUT2D eigenvalue weighted by Crippen LogP contribution is -2.39. The second-order valence-corrected chi connectivity index (χ2v) is 3.02. The lowest BCUT2D eigenvalue weighted by Gasteiger charge is -2.10. The second kappa shape index (κ2) is 5.04. The summed E-state index contributed by atoms with van der Waals surface area (Å²) in [5.74, 6) is -0.700. The number of amides is 2. The highest BCUT2D eigenvalue weighted by atomic mass is 35.5. The van der Waals surface area contributed by atoms with E-state index in [1.807, 2.05) is 0 Å². The van der Waals surface area contributed by atoms with Crippen LogP contribution in [0, 0.1) is 5.92 Å². The van der Waals surface area contributed by atoms with Crippen LogP contribution in [-0.4, -0.2) is 24.4 Å². The Hall–Kier alpha value is -0.810. The molecule has 13 heavy (non-hydrogen) atoms. The zero-order valence-electron chi connectivity index (χ0n) is 7.16. The molecule has 0 aromatic carbocycles. The van der Waals surface area contributed by atoms with Crippen molar-refractivity contribution in [2.45, 2.75) is 18.9 Å². The molecule has 1 fully saturated rings. The fourth-order valence-corrected chi connectivity index (χ4v) is 1.29. The summed E-state index contributed by atoms with van der Waals surface area (Å²) in [4.78, 5) is 21.6. The van der Waals surface area contributed by atoms with Gasteiger partial charge in [0.25, 0.3) is 0 Å². The van der Waals surface area contributed by atoms with E-state index in [9.17, 15) is 9.59 Å². The van der Waals surface area contributed by atoms with Crippen molar-refractivity contribution in [3.8, 4) is 0 Å². The molecule has 2 amide bonds. The zero-order chi connectivity index (χ0) is 9.14. The molecule has 5 N–H and O–H groups in total. The molecule has 0 aromatic rings. The van der Waals surface area contributed by atoms with Crippen molar-refractivity contribution in [3.63, 3.8) is 0 Å². The molecule has 0 aromatic heterocycles. The number of nitrogens with one attached hydrogen (secondary N) is 1. The predicted molar refractivity (Wildman–Crippen MR) is 50.2 cm³/mol. The van der Waals surface area contributed by atoms with Crippen LogP contribution in [-0.2, 0) is 9.59 Å². The van der Waals surface area contributed by atoms with Gasteiger partial charge in [0, 0.05) is 12.5 Å². The van der Waals surface area contributed by atoms with Gasteiger partial charge in [-0.05, 0) is 12.8 Å². The molecule has 0 bridgehead atoms. The van der Waals surface area contributed by atoms with Crippen molar-refractivity contribution < 1.29 is 9.59 Å². The maximum Gasteiger partial charge on any atom is 0.234 e. The van der Waals surface area contributed by atoms with Crippen molar-refractivity contribution in [2.75, 3.05) is 6.54 Å². The van der Waals surface area contributed by atoms with E-state index in [1.165, 1.54) is 0 Å². The standard InChI is InChI=1S/C7H13N3O2.ClH/c8-5(6(9)11)3-4-1-2-10-7(4)12;/h4-5H,1-3,8H2,(H2,9,11)(H,10,12);1H/t4-,5-;/m0./s1. The van der Waals surface area contributed by atoms with Crippen LogP contribution in [0.3, 0.4) is 0 Å². The van der Waals surface area contributed by atoms with Gasteiger partial charge < -0.3 is 16.8 Å². The molecule has 1 aliphatic rings. The number of nitrogens with two attached hydrogens (primary N) is 2. The Morgan fingerprint density at radius 2 is 2.31 bits per heavy atom. The van der Waals surface area contributed by atoms with Gasteiger partial charge in [-0.2, -0.15) is 0 Å². The Balaban J connectivity index is 0.00000144. The highest BCUT2D eigenvalue weighted by Crippen LogP contribution is 2.14. The third-order valence-electron chi connectivity index (χ3n) is 2.07. The van der Waals surface area contributed by atoms with Crippen LogP contribution in [0.4, 0.5) is 0 Å². The SMILES string of the molecule is Cl.NC(=O)[C@@H](N)C[C@@H]1CCNC1=O. The number of primary amides is 1. The summed E-state index contributed by atoms with van der Waals surface area (Å²) in [6.45, 7) is 0.676. The van der Waals surface area contributed by atoms with E-state index in [0.29, 0.717) is 13.0 Å². The largest absolute Gasteiger partial charge is 0.368 e. The number of hydrogen-bond donors (Lipinski definition) is 3. The molecular weight excluding hydrogens is 194 g/mol. The highest BCUT2D eigenvalue weighted by Gasteiger charge is 2.27. The van der Waals surface area contributed by atoms with Gasteiger partial charge in [-0.1, -0.05) is 0 Å². The first kappa shape index (κ1) is 12.2. The van der Waals surface area contributed by atoms with Gasteiger partial charge in [-0.15, -0.1) is 12.4 Å². The Morgan fingerprint density at radius 3 is 2.69 bits per heavy atom. The smallest absolute Gasteiger partial charge is 0.234 e. The van der Waals surface area contributed by atoms with Crippen molar-refractivity contribution in [3.05, 3.63) is 0 Å². The topological polar surface area (TPSA) is 98.2 Å². The van der Waals surface area contributed by atoms with Gasteiger partial charge in [0.2, 0.25) is 11.8 Å². The molecule has 0 saturated carbocycles. The summed E-state index contributed by atoms with van der Waals surface area (Å²) >= 11 is 0. The first-order chi connectivity index (χ1) is 5.61. The fraction of sp³-hybridized carbons (Fsp3) is 0.714. The molecule has 0 unspecified atom stereocenters. The minimum Gasteiger partial charge on any atom is -0.368 e. The monoisotopic (exact) mass is 207 g/mol. The van der Waals surface area contributed by atoms with Gasteiger partial charge in [-0.25, -0.2) is 0 Å².